The van der Waals surface area contributed by atoms with Gasteiger partial charge in [-0.05, 0) is 6.42 Å². The number of hydrogen-bond acceptors (Lipinski definition) is 5. The molecule has 1 aliphatic rings. The SMILES string of the molecule is CCCCCCCCCCCCCCCCCCCCO[C@@H]1[C@@H](O)[C@H](CO)OC[C@H]1O. The first-order valence-electron chi connectivity index (χ1n) is 13.4. The van der Waals surface area contributed by atoms with E-state index in [1.165, 1.54) is 103 Å². The Morgan fingerprint density at radius 2 is 1.10 bits per heavy atom. The Balaban J connectivity index is 1.79. The molecule has 0 unspecified atom stereocenters. The minimum atomic E-state index is -0.968. The van der Waals surface area contributed by atoms with Crippen molar-refractivity contribution in [1.82, 2.24) is 0 Å². The number of hydrogen-bond donors (Lipinski definition) is 3. The summed E-state index contributed by atoms with van der Waals surface area (Å²) in [5.74, 6) is 0. The molecule has 0 aromatic carbocycles. The smallest absolute Gasteiger partial charge is 0.114 e. The maximum Gasteiger partial charge on any atom is 0.114 e. The van der Waals surface area contributed by atoms with Crippen LogP contribution in [0.15, 0.2) is 0 Å². The molecular formula is C26H52O5. The lowest BCUT2D eigenvalue weighted by Gasteiger charge is -2.37. The zero-order chi connectivity index (χ0) is 22.6. The topological polar surface area (TPSA) is 79.2 Å². The van der Waals surface area contributed by atoms with Crippen molar-refractivity contribution in [3.8, 4) is 0 Å². The first-order valence-corrected chi connectivity index (χ1v) is 13.4. The molecule has 1 aliphatic heterocycles. The van der Waals surface area contributed by atoms with Crippen LogP contribution in [0.1, 0.15) is 122 Å². The number of aliphatic hydroxyl groups is 3. The van der Waals surface area contributed by atoms with E-state index in [2.05, 4.69) is 6.92 Å². The molecule has 0 aromatic heterocycles. The third-order valence-electron chi connectivity index (χ3n) is 6.57. The van der Waals surface area contributed by atoms with Gasteiger partial charge in [0.15, 0.2) is 0 Å². The van der Waals surface area contributed by atoms with E-state index >= 15 is 0 Å². The van der Waals surface area contributed by atoms with Gasteiger partial charge in [0.2, 0.25) is 0 Å². The van der Waals surface area contributed by atoms with Gasteiger partial charge in [-0.2, -0.15) is 0 Å². The van der Waals surface area contributed by atoms with Crippen LogP contribution in [0.5, 0.6) is 0 Å². The van der Waals surface area contributed by atoms with Gasteiger partial charge in [0.05, 0.1) is 13.2 Å². The molecule has 0 aliphatic carbocycles. The van der Waals surface area contributed by atoms with Crippen molar-refractivity contribution in [3.63, 3.8) is 0 Å². The van der Waals surface area contributed by atoms with Gasteiger partial charge in [-0.25, -0.2) is 0 Å². The molecule has 1 fully saturated rings. The summed E-state index contributed by atoms with van der Waals surface area (Å²) < 4.78 is 10.9. The van der Waals surface area contributed by atoms with Gasteiger partial charge in [-0.1, -0.05) is 116 Å². The van der Waals surface area contributed by atoms with Crippen LogP contribution in [-0.4, -0.2) is 59.6 Å². The molecule has 0 saturated carbocycles. The summed E-state index contributed by atoms with van der Waals surface area (Å²) in [4.78, 5) is 0. The average molecular weight is 445 g/mol. The third kappa shape index (κ3) is 14.5. The van der Waals surface area contributed by atoms with Crippen LogP contribution in [0.4, 0.5) is 0 Å². The second-order valence-corrected chi connectivity index (χ2v) is 9.46. The number of rotatable bonds is 21. The van der Waals surface area contributed by atoms with Crippen LogP contribution in [0.3, 0.4) is 0 Å². The lowest BCUT2D eigenvalue weighted by molar-refractivity contribution is -0.210. The predicted octanol–water partition coefficient (Wildman–Crippen LogP) is 5.53. The molecule has 5 heteroatoms. The molecule has 4 atom stereocenters. The monoisotopic (exact) mass is 444 g/mol. The fourth-order valence-electron chi connectivity index (χ4n) is 4.45. The molecule has 1 rings (SSSR count). The van der Waals surface area contributed by atoms with Crippen LogP contribution in [-0.2, 0) is 9.47 Å². The third-order valence-corrected chi connectivity index (χ3v) is 6.57. The van der Waals surface area contributed by atoms with E-state index in [4.69, 9.17) is 9.47 Å². The highest BCUT2D eigenvalue weighted by Gasteiger charge is 2.38. The normalized spacial score (nSPS) is 24.0. The molecule has 0 aromatic rings. The van der Waals surface area contributed by atoms with E-state index in [0.29, 0.717) is 6.61 Å². The van der Waals surface area contributed by atoms with Gasteiger partial charge in [0.1, 0.15) is 24.4 Å². The Labute approximate surface area is 191 Å². The van der Waals surface area contributed by atoms with Crippen LogP contribution in [0.2, 0.25) is 0 Å². The highest BCUT2D eigenvalue weighted by Crippen LogP contribution is 2.19. The minimum Gasteiger partial charge on any atom is -0.394 e. The van der Waals surface area contributed by atoms with E-state index in [0.717, 1.165) is 12.8 Å². The zero-order valence-electron chi connectivity index (χ0n) is 20.3. The van der Waals surface area contributed by atoms with Crippen LogP contribution in [0, 0.1) is 0 Å². The average Bonchev–Trinajstić information content (AvgIpc) is 2.77. The van der Waals surface area contributed by atoms with Gasteiger partial charge < -0.3 is 24.8 Å². The first-order chi connectivity index (χ1) is 15.2. The quantitative estimate of drug-likeness (QED) is 0.203. The second-order valence-electron chi connectivity index (χ2n) is 9.46. The maximum atomic E-state index is 10.1. The molecule has 5 nitrogen and oxygen atoms in total. The fourth-order valence-corrected chi connectivity index (χ4v) is 4.45. The van der Waals surface area contributed by atoms with Crippen LogP contribution in [0.25, 0.3) is 0 Å². The van der Waals surface area contributed by atoms with Gasteiger partial charge in [0, 0.05) is 6.61 Å². The highest BCUT2D eigenvalue weighted by atomic mass is 16.6. The summed E-state index contributed by atoms with van der Waals surface area (Å²) in [7, 11) is 0. The van der Waals surface area contributed by atoms with Gasteiger partial charge in [-0.3, -0.25) is 0 Å². The largest absolute Gasteiger partial charge is 0.394 e. The molecule has 31 heavy (non-hydrogen) atoms. The van der Waals surface area contributed by atoms with Gasteiger partial charge >= 0.3 is 0 Å². The summed E-state index contributed by atoms with van der Waals surface area (Å²) in [5, 5.41) is 29.2. The number of aliphatic hydroxyl groups excluding tert-OH is 3. The molecule has 0 spiro atoms. The van der Waals surface area contributed by atoms with E-state index in [1.807, 2.05) is 0 Å². The highest BCUT2D eigenvalue weighted by molar-refractivity contribution is 4.87. The summed E-state index contributed by atoms with van der Waals surface area (Å²) in [5.41, 5.74) is 0. The predicted molar refractivity (Wildman–Crippen MR) is 127 cm³/mol. The summed E-state index contributed by atoms with van der Waals surface area (Å²) in [6.45, 7) is 2.66. The summed E-state index contributed by atoms with van der Waals surface area (Å²) in [6, 6.07) is 0. The molecule has 1 heterocycles. The van der Waals surface area contributed by atoms with Gasteiger partial charge in [0.25, 0.3) is 0 Å². The molecule has 3 N–H and O–H groups in total. The lowest BCUT2D eigenvalue weighted by atomic mass is 10.0. The molecule has 0 amide bonds. The Kier molecular flexibility index (Phi) is 19.0. The lowest BCUT2D eigenvalue weighted by Crippen LogP contribution is -2.55. The standard InChI is InChI=1S/C26H52O5/c1-2-3-4-5-6-7-8-9-10-11-12-13-14-15-16-17-18-19-20-30-26-23(28)22-31-24(21-27)25(26)29/h23-29H,2-22H2,1H3/t23-,24+,25+,26+/m1/s1. The van der Waals surface area contributed by atoms with Crippen molar-refractivity contribution >= 4 is 0 Å². The van der Waals surface area contributed by atoms with Gasteiger partial charge in [-0.15, -0.1) is 0 Å². The molecular weight excluding hydrogens is 392 g/mol. The van der Waals surface area contributed by atoms with E-state index < -0.39 is 24.4 Å². The van der Waals surface area contributed by atoms with E-state index in [1.54, 1.807) is 0 Å². The van der Waals surface area contributed by atoms with Crippen molar-refractivity contribution in [1.29, 1.82) is 0 Å². The van der Waals surface area contributed by atoms with Crippen molar-refractivity contribution in [2.24, 2.45) is 0 Å². The second kappa shape index (κ2) is 20.4. The number of ether oxygens (including phenoxy) is 2. The van der Waals surface area contributed by atoms with Crippen LogP contribution < -0.4 is 0 Å². The Bertz CT molecular complexity index is 379. The Hall–Kier alpha value is -0.200. The van der Waals surface area contributed by atoms with Crippen LogP contribution >= 0.6 is 0 Å². The minimum absolute atomic E-state index is 0.103. The van der Waals surface area contributed by atoms with E-state index in [9.17, 15) is 15.3 Å². The summed E-state index contributed by atoms with van der Waals surface area (Å²) >= 11 is 0. The fraction of sp³-hybridized carbons (Fsp3) is 1.00. The Morgan fingerprint density at radius 3 is 1.52 bits per heavy atom. The van der Waals surface area contributed by atoms with Crippen molar-refractivity contribution in [2.75, 3.05) is 19.8 Å². The first kappa shape index (κ1) is 28.8. The Morgan fingerprint density at radius 1 is 0.677 bits per heavy atom. The van der Waals surface area contributed by atoms with Crippen molar-refractivity contribution < 1.29 is 24.8 Å². The van der Waals surface area contributed by atoms with E-state index in [-0.39, 0.29) is 13.2 Å². The van der Waals surface area contributed by atoms with Crippen molar-refractivity contribution in [3.05, 3.63) is 0 Å². The molecule has 1 saturated heterocycles. The molecule has 0 radical (unpaired) electrons. The van der Waals surface area contributed by atoms with Crippen molar-refractivity contribution in [2.45, 2.75) is 147 Å². The number of unbranched alkanes of at least 4 members (excludes halogenated alkanes) is 17. The molecule has 186 valence electrons. The zero-order valence-corrected chi connectivity index (χ0v) is 20.3. The summed E-state index contributed by atoms with van der Waals surface area (Å²) in [6.07, 6.45) is 21.1. The molecule has 0 bridgehead atoms. The maximum absolute atomic E-state index is 10.1.